The first-order valence-corrected chi connectivity index (χ1v) is 8.33. The predicted molar refractivity (Wildman–Crippen MR) is 88.6 cm³/mol. The average molecular weight is 355 g/mol. The van der Waals surface area contributed by atoms with E-state index in [1.165, 1.54) is 30.0 Å². The van der Waals surface area contributed by atoms with E-state index < -0.39 is 17.4 Å². The quantitative estimate of drug-likeness (QED) is 0.696. The standard InChI is InChI=1S/C15H18FN3O4S/c1-22-12-5-23-7-15(9-4-8(17)2-3-11(9)16)10(12)6-24-13(19-15)18-14(20)21/h2-4,10,12H,5-7,17H2,1H3,(H,18,19)(H,20,21). The van der Waals surface area contributed by atoms with Crippen LogP contribution in [-0.2, 0) is 15.0 Å². The van der Waals surface area contributed by atoms with Gasteiger partial charge in [-0.05, 0) is 18.2 Å². The van der Waals surface area contributed by atoms with Crippen LogP contribution in [0.5, 0.6) is 0 Å². The van der Waals surface area contributed by atoms with Gasteiger partial charge in [-0.1, -0.05) is 11.8 Å². The number of thioether (sulfide) groups is 1. The summed E-state index contributed by atoms with van der Waals surface area (Å²) in [5.41, 5.74) is 5.45. The molecule has 0 aromatic heterocycles. The van der Waals surface area contributed by atoms with E-state index in [4.69, 9.17) is 20.3 Å². The van der Waals surface area contributed by atoms with Gasteiger partial charge in [0.05, 0.1) is 19.3 Å². The molecular weight excluding hydrogens is 337 g/mol. The SMILES string of the molecule is COC1COCC2(c3cc(N)ccc3F)N=C(NC(=O)O)SCC12. The average Bonchev–Trinajstić information content (AvgIpc) is 2.55. The third-order valence-electron chi connectivity index (χ3n) is 4.34. The van der Waals surface area contributed by atoms with Crippen molar-refractivity contribution in [2.45, 2.75) is 11.6 Å². The number of benzene rings is 1. The highest BCUT2D eigenvalue weighted by molar-refractivity contribution is 8.13. The van der Waals surface area contributed by atoms with Gasteiger partial charge in [0.1, 0.15) is 11.4 Å². The summed E-state index contributed by atoms with van der Waals surface area (Å²) in [6, 6.07) is 4.29. The number of fused-ring (bicyclic) bond motifs is 1. The molecule has 1 aromatic carbocycles. The first-order valence-electron chi connectivity index (χ1n) is 7.35. The summed E-state index contributed by atoms with van der Waals surface area (Å²) in [6.07, 6.45) is -1.50. The van der Waals surface area contributed by atoms with Crippen molar-refractivity contribution in [3.63, 3.8) is 0 Å². The van der Waals surface area contributed by atoms with E-state index in [9.17, 15) is 9.18 Å². The van der Waals surface area contributed by atoms with Crippen molar-refractivity contribution in [2.24, 2.45) is 10.9 Å². The minimum atomic E-state index is -1.22. The van der Waals surface area contributed by atoms with Crippen LogP contribution in [0.1, 0.15) is 5.56 Å². The lowest BCUT2D eigenvalue weighted by Crippen LogP contribution is -2.55. The Hall–Kier alpha value is -1.84. The maximum Gasteiger partial charge on any atom is 0.410 e. The summed E-state index contributed by atoms with van der Waals surface area (Å²) in [7, 11) is 1.57. The van der Waals surface area contributed by atoms with E-state index in [0.29, 0.717) is 23.6 Å². The lowest BCUT2D eigenvalue weighted by molar-refractivity contribution is -0.102. The Morgan fingerprint density at radius 1 is 1.62 bits per heavy atom. The van der Waals surface area contributed by atoms with E-state index in [1.807, 2.05) is 0 Å². The first kappa shape index (κ1) is 17.0. The molecule has 0 spiro atoms. The highest BCUT2D eigenvalue weighted by Gasteiger charge is 2.52. The monoisotopic (exact) mass is 355 g/mol. The number of hydrogen-bond donors (Lipinski definition) is 3. The van der Waals surface area contributed by atoms with Crippen LogP contribution in [-0.4, -0.2) is 48.5 Å². The van der Waals surface area contributed by atoms with Crippen molar-refractivity contribution in [1.82, 2.24) is 5.32 Å². The number of carboxylic acid groups (broad SMARTS) is 1. The molecule has 4 N–H and O–H groups in total. The molecule has 130 valence electrons. The van der Waals surface area contributed by atoms with Crippen LogP contribution in [0.3, 0.4) is 0 Å². The summed E-state index contributed by atoms with van der Waals surface area (Å²) < 4.78 is 25.7. The maximum atomic E-state index is 14.6. The van der Waals surface area contributed by atoms with Gasteiger partial charge in [-0.15, -0.1) is 0 Å². The zero-order valence-corrected chi connectivity index (χ0v) is 13.8. The minimum absolute atomic E-state index is 0.128. The second-order valence-electron chi connectivity index (χ2n) is 5.72. The van der Waals surface area contributed by atoms with E-state index in [1.54, 1.807) is 7.11 Å². The molecule has 1 fully saturated rings. The molecule has 0 bridgehead atoms. The molecule has 2 heterocycles. The fourth-order valence-electron chi connectivity index (χ4n) is 3.20. The van der Waals surface area contributed by atoms with Crippen LogP contribution >= 0.6 is 11.8 Å². The number of aliphatic imine (C=N–C) groups is 1. The third kappa shape index (κ3) is 2.94. The molecular formula is C15H18FN3O4S. The maximum absolute atomic E-state index is 14.6. The van der Waals surface area contributed by atoms with Gasteiger partial charge in [-0.3, -0.25) is 5.32 Å². The number of hydrogen-bond acceptors (Lipinski definition) is 6. The summed E-state index contributed by atoms with van der Waals surface area (Å²) in [5.74, 6) is -0.105. The number of nitrogens with zero attached hydrogens (tertiary/aromatic N) is 1. The van der Waals surface area contributed by atoms with Gasteiger partial charge in [0.2, 0.25) is 0 Å². The molecule has 24 heavy (non-hydrogen) atoms. The molecule has 0 saturated carbocycles. The van der Waals surface area contributed by atoms with Crippen molar-refractivity contribution in [3.8, 4) is 0 Å². The molecule has 7 nitrogen and oxygen atoms in total. The van der Waals surface area contributed by atoms with Gasteiger partial charge in [0, 0.05) is 30.0 Å². The predicted octanol–water partition coefficient (Wildman–Crippen LogP) is 1.64. The number of nitrogens with one attached hydrogen (secondary N) is 1. The summed E-state index contributed by atoms with van der Waals surface area (Å²) in [4.78, 5) is 15.5. The van der Waals surface area contributed by atoms with E-state index in [0.717, 1.165) is 0 Å². The Morgan fingerprint density at radius 3 is 3.12 bits per heavy atom. The van der Waals surface area contributed by atoms with Crippen LogP contribution < -0.4 is 11.1 Å². The molecule has 1 saturated heterocycles. The highest BCUT2D eigenvalue weighted by atomic mass is 32.2. The molecule has 0 aliphatic carbocycles. The van der Waals surface area contributed by atoms with Crippen molar-refractivity contribution in [3.05, 3.63) is 29.6 Å². The number of nitrogens with two attached hydrogens (primary N) is 1. The molecule has 1 amide bonds. The van der Waals surface area contributed by atoms with Crippen LogP contribution in [0.2, 0.25) is 0 Å². The zero-order chi connectivity index (χ0) is 17.3. The smallest absolute Gasteiger partial charge is 0.410 e. The number of amidine groups is 1. The van der Waals surface area contributed by atoms with Crippen LogP contribution in [0.4, 0.5) is 14.9 Å². The number of ether oxygens (including phenoxy) is 2. The van der Waals surface area contributed by atoms with E-state index in [2.05, 4.69) is 10.3 Å². The summed E-state index contributed by atoms with van der Waals surface area (Å²) in [6.45, 7) is 0.508. The van der Waals surface area contributed by atoms with Crippen molar-refractivity contribution < 1.29 is 23.8 Å². The van der Waals surface area contributed by atoms with Gasteiger partial charge in [0.25, 0.3) is 0 Å². The minimum Gasteiger partial charge on any atom is -0.465 e. The Bertz CT molecular complexity index is 687. The molecule has 3 atom stereocenters. The second kappa shape index (κ2) is 6.58. The Balaban J connectivity index is 2.14. The van der Waals surface area contributed by atoms with E-state index in [-0.39, 0.29) is 23.8 Å². The number of rotatable bonds is 2. The van der Waals surface area contributed by atoms with Crippen LogP contribution in [0, 0.1) is 11.7 Å². The highest BCUT2D eigenvalue weighted by Crippen LogP contribution is 2.46. The number of halogens is 1. The summed E-state index contributed by atoms with van der Waals surface area (Å²) >= 11 is 1.27. The largest absolute Gasteiger partial charge is 0.465 e. The molecule has 2 aliphatic heterocycles. The van der Waals surface area contributed by atoms with Crippen molar-refractivity contribution >= 4 is 28.7 Å². The topological polar surface area (TPSA) is 106 Å². The van der Waals surface area contributed by atoms with E-state index >= 15 is 0 Å². The first-order chi connectivity index (χ1) is 11.5. The fraction of sp³-hybridized carbons (Fsp3) is 0.467. The Morgan fingerprint density at radius 2 is 2.42 bits per heavy atom. The molecule has 3 unspecified atom stereocenters. The Labute approximate surface area is 142 Å². The normalized spacial score (nSPS) is 29.5. The zero-order valence-electron chi connectivity index (χ0n) is 13.0. The molecule has 2 aliphatic rings. The molecule has 3 rings (SSSR count). The molecule has 0 radical (unpaired) electrons. The fourth-order valence-corrected chi connectivity index (χ4v) is 4.42. The van der Waals surface area contributed by atoms with Crippen molar-refractivity contribution in [1.29, 1.82) is 0 Å². The van der Waals surface area contributed by atoms with Crippen molar-refractivity contribution in [2.75, 3.05) is 31.8 Å². The number of carbonyl (C=O) groups is 1. The Kier molecular flexibility index (Phi) is 4.66. The lowest BCUT2D eigenvalue weighted by atomic mass is 9.75. The second-order valence-corrected chi connectivity index (χ2v) is 6.73. The van der Waals surface area contributed by atoms with Gasteiger partial charge in [-0.2, -0.15) is 0 Å². The number of nitrogen functional groups attached to an aromatic ring is 1. The number of methoxy groups -OCH3 is 1. The van der Waals surface area contributed by atoms with Gasteiger partial charge < -0.3 is 20.3 Å². The lowest BCUT2D eigenvalue weighted by Gasteiger charge is -2.47. The van der Waals surface area contributed by atoms with Gasteiger partial charge >= 0.3 is 6.09 Å². The number of amides is 1. The van der Waals surface area contributed by atoms with Gasteiger partial charge in [-0.25, -0.2) is 14.2 Å². The van der Waals surface area contributed by atoms with Gasteiger partial charge in [0.15, 0.2) is 5.17 Å². The third-order valence-corrected chi connectivity index (χ3v) is 5.33. The molecule has 1 aromatic rings. The molecule has 9 heteroatoms. The van der Waals surface area contributed by atoms with Crippen LogP contribution in [0.15, 0.2) is 23.2 Å². The number of anilines is 1. The van der Waals surface area contributed by atoms with Crippen LogP contribution in [0.25, 0.3) is 0 Å². The summed E-state index contributed by atoms with van der Waals surface area (Å²) in [5, 5.41) is 11.4.